The minimum absolute atomic E-state index is 0.284. The summed E-state index contributed by atoms with van der Waals surface area (Å²) in [6.07, 6.45) is 13.1. The second kappa shape index (κ2) is 14.6. The fraction of sp³-hybridized carbons (Fsp3) is 0.765. The molecule has 0 saturated heterocycles. The molecule has 0 aliphatic carbocycles. The minimum Gasteiger partial charge on any atom is -0.479 e. The van der Waals surface area contributed by atoms with Crippen molar-refractivity contribution in [3.8, 4) is 0 Å². The number of esters is 1. The Kier molecular flexibility index (Phi) is 13.7. The van der Waals surface area contributed by atoms with Crippen LogP contribution < -0.4 is 0 Å². The predicted octanol–water partition coefficient (Wildman–Crippen LogP) is 3.45. The number of rotatable bonds is 14. The van der Waals surface area contributed by atoms with Crippen molar-refractivity contribution >= 4 is 11.9 Å². The molecule has 0 unspecified atom stereocenters. The van der Waals surface area contributed by atoms with Crippen LogP contribution in [0, 0.1) is 0 Å². The maximum atomic E-state index is 11.3. The number of unbranched alkanes of at least 4 members (excludes halogenated alkanes) is 7. The van der Waals surface area contributed by atoms with Crippen molar-refractivity contribution in [2.24, 2.45) is 0 Å². The quantitative estimate of drug-likeness (QED) is 0.291. The minimum atomic E-state index is -1.63. The van der Waals surface area contributed by atoms with Crippen molar-refractivity contribution in [3.63, 3.8) is 0 Å². The molecule has 0 rings (SSSR count). The molecule has 0 heterocycles. The van der Waals surface area contributed by atoms with Gasteiger partial charge in [0.1, 0.15) is 6.61 Å². The summed E-state index contributed by atoms with van der Waals surface area (Å²) in [5, 5.41) is 17.4. The van der Waals surface area contributed by atoms with Crippen LogP contribution in [0.3, 0.4) is 0 Å². The molecule has 2 N–H and O–H groups in total. The van der Waals surface area contributed by atoms with E-state index in [1.807, 2.05) is 0 Å². The van der Waals surface area contributed by atoms with Gasteiger partial charge in [-0.05, 0) is 25.7 Å². The Bertz CT molecular complexity index is 325. The number of allylic oxidation sites excluding steroid dienone is 2. The van der Waals surface area contributed by atoms with Crippen LogP contribution in [0.4, 0.5) is 0 Å². The molecule has 0 amide bonds. The molecular formula is C17H30O5. The van der Waals surface area contributed by atoms with E-state index in [4.69, 9.17) is 10.2 Å². The molecule has 0 radical (unpaired) electrons. The second-order valence-electron chi connectivity index (χ2n) is 5.46. The molecule has 128 valence electrons. The van der Waals surface area contributed by atoms with E-state index in [0.29, 0.717) is 0 Å². The summed E-state index contributed by atoms with van der Waals surface area (Å²) in [5.41, 5.74) is 0. The number of hydrogen-bond donors (Lipinski definition) is 2. The summed E-state index contributed by atoms with van der Waals surface area (Å²) in [4.78, 5) is 21.6. The maximum absolute atomic E-state index is 11.3. The molecule has 0 aliphatic heterocycles. The molecule has 1 atom stereocenters. The van der Waals surface area contributed by atoms with E-state index in [1.165, 1.54) is 32.1 Å². The lowest BCUT2D eigenvalue weighted by atomic mass is 10.1. The van der Waals surface area contributed by atoms with Crippen LogP contribution in [-0.2, 0) is 14.3 Å². The first-order valence-electron chi connectivity index (χ1n) is 8.29. The van der Waals surface area contributed by atoms with Gasteiger partial charge in [-0.1, -0.05) is 51.2 Å². The van der Waals surface area contributed by atoms with Gasteiger partial charge in [-0.15, -0.1) is 0 Å². The topological polar surface area (TPSA) is 83.8 Å². The van der Waals surface area contributed by atoms with Gasteiger partial charge < -0.3 is 14.9 Å². The van der Waals surface area contributed by atoms with Gasteiger partial charge >= 0.3 is 11.9 Å². The molecular weight excluding hydrogens is 284 g/mol. The molecule has 0 aromatic carbocycles. The van der Waals surface area contributed by atoms with Crippen LogP contribution in [0.1, 0.15) is 71.1 Å². The van der Waals surface area contributed by atoms with Gasteiger partial charge in [0.15, 0.2) is 6.10 Å². The van der Waals surface area contributed by atoms with E-state index in [9.17, 15) is 9.59 Å². The van der Waals surface area contributed by atoms with Crippen LogP contribution in [-0.4, -0.2) is 34.9 Å². The number of carboxylic acid groups (broad SMARTS) is 1. The largest absolute Gasteiger partial charge is 0.479 e. The van der Waals surface area contributed by atoms with Crippen molar-refractivity contribution in [3.05, 3.63) is 12.2 Å². The molecule has 0 spiro atoms. The molecule has 0 aromatic heterocycles. The van der Waals surface area contributed by atoms with Crippen molar-refractivity contribution in [1.29, 1.82) is 0 Å². The normalized spacial score (nSPS) is 12.5. The number of carbonyl (C=O) groups is 2. The van der Waals surface area contributed by atoms with E-state index in [0.717, 1.165) is 25.7 Å². The van der Waals surface area contributed by atoms with Gasteiger partial charge in [0.2, 0.25) is 0 Å². The third-order valence-corrected chi connectivity index (χ3v) is 3.31. The Hall–Kier alpha value is -1.36. The van der Waals surface area contributed by atoms with E-state index >= 15 is 0 Å². The number of hydrogen-bond acceptors (Lipinski definition) is 4. The molecule has 5 heteroatoms. The van der Waals surface area contributed by atoms with Crippen LogP contribution in [0.2, 0.25) is 0 Å². The van der Waals surface area contributed by atoms with E-state index in [-0.39, 0.29) is 6.42 Å². The molecule has 22 heavy (non-hydrogen) atoms. The Labute approximate surface area is 133 Å². The first-order valence-corrected chi connectivity index (χ1v) is 8.29. The Morgan fingerprint density at radius 3 is 2.23 bits per heavy atom. The van der Waals surface area contributed by atoms with E-state index in [1.54, 1.807) is 0 Å². The van der Waals surface area contributed by atoms with Crippen LogP contribution in [0.5, 0.6) is 0 Å². The molecule has 0 bridgehead atoms. The van der Waals surface area contributed by atoms with E-state index < -0.39 is 24.6 Å². The summed E-state index contributed by atoms with van der Waals surface area (Å²) in [6, 6.07) is 0. The monoisotopic (exact) mass is 314 g/mol. The first kappa shape index (κ1) is 20.6. The third-order valence-electron chi connectivity index (χ3n) is 3.31. The zero-order valence-corrected chi connectivity index (χ0v) is 13.6. The summed E-state index contributed by atoms with van der Waals surface area (Å²) in [7, 11) is 0. The van der Waals surface area contributed by atoms with Crippen molar-refractivity contribution in [2.75, 3.05) is 6.61 Å². The average molecular weight is 314 g/mol. The summed E-state index contributed by atoms with van der Waals surface area (Å²) in [5.74, 6) is -1.82. The molecule has 0 aromatic rings. The van der Waals surface area contributed by atoms with Crippen molar-refractivity contribution in [2.45, 2.75) is 77.2 Å². The summed E-state index contributed by atoms with van der Waals surface area (Å²) in [6.45, 7) is 1.70. The third kappa shape index (κ3) is 13.6. The highest BCUT2D eigenvalue weighted by Crippen LogP contribution is 2.09. The van der Waals surface area contributed by atoms with Gasteiger partial charge in [-0.3, -0.25) is 4.79 Å². The lowest BCUT2D eigenvalue weighted by Crippen LogP contribution is -2.26. The number of ether oxygens (including phenoxy) is 1. The van der Waals surface area contributed by atoms with Crippen LogP contribution in [0.15, 0.2) is 12.2 Å². The number of aliphatic carboxylic acids is 1. The van der Waals surface area contributed by atoms with Gasteiger partial charge in [0.05, 0.1) is 0 Å². The number of aliphatic hydroxyl groups excluding tert-OH is 1. The maximum Gasteiger partial charge on any atom is 0.336 e. The lowest BCUT2D eigenvalue weighted by molar-refractivity contribution is -0.156. The average Bonchev–Trinajstić information content (AvgIpc) is 2.50. The summed E-state index contributed by atoms with van der Waals surface area (Å²) >= 11 is 0. The Morgan fingerprint density at radius 1 is 1.00 bits per heavy atom. The Balaban J connectivity index is 3.32. The lowest BCUT2D eigenvalue weighted by Gasteiger charge is -2.07. The van der Waals surface area contributed by atoms with Gasteiger partial charge in [0.25, 0.3) is 0 Å². The SMILES string of the molecule is CCCC=CCCCCCCCCC(=O)OC[C@H](O)C(=O)O. The summed E-state index contributed by atoms with van der Waals surface area (Å²) < 4.78 is 4.68. The highest BCUT2D eigenvalue weighted by atomic mass is 16.5. The zero-order valence-electron chi connectivity index (χ0n) is 13.6. The second-order valence-corrected chi connectivity index (χ2v) is 5.46. The van der Waals surface area contributed by atoms with Crippen LogP contribution in [0.25, 0.3) is 0 Å². The van der Waals surface area contributed by atoms with Crippen LogP contribution >= 0.6 is 0 Å². The van der Waals surface area contributed by atoms with Gasteiger partial charge in [-0.25, -0.2) is 4.79 Å². The fourth-order valence-corrected chi connectivity index (χ4v) is 1.96. The molecule has 5 nitrogen and oxygen atoms in total. The predicted molar refractivity (Wildman–Crippen MR) is 85.6 cm³/mol. The highest BCUT2D eigenvalue weighted by Gasteiger charge is 2.15. The van der Waals surface area contributed by atoms with Gasteiger partial charge in [-0.2, -0.15) is 0 Å². The highest BCUT2D eigenvalue weighted by molar-refractivity contribution is 5.73. The van der Waals surface area contributed by atoms with E-state index in [2.05, 4.69) is 23.8 Å². The molecule has 0 aliphatic rings. The van der Waals surface area contributed by atoms with Crippen molar-refractivity contribution < 1.29 is 24.5 Å². The first-order chi connectivity index (χ1) is 10.6. The number of carbonyl (C=O) groups excluding carboxylic acids is 1. The zero-order chi connectivity index (χ0) is 16.6. The van der Waals surface area contributed by atoms with Crippen molar-refractivity contribution in [1.82, 2.24) is 0 Å². The number of aliphatic hydroxyl groups is 1. The molecule has 0 fully saturated rings. The smallest absolute Gasteiger partial charge is 0.336 e. The fourth-order valence-electron chi connectivity index (χ4n) is 1.96. The number of carboxylic acids is 1. The Morgan fingerprint density at radius 2 is 1.59 bits per heavy atom. The van der Waals surface area contributed by atoms with Gasteiger partial charge in [0, 0.05) is 6.42 Å². The molecule has 0 saturated carbocycles. The standard InChI is InChI=1S/C17H30O5/c1-2-3-4-5-6-7-8-9-10-11-12-13-16(19)22-14-15(18)17(20)21/h4-5,15,18H,2-3,6-14H2,1H3,(H,20,21)/t15-/m0/s1.